The van der Waals surface area contributed by atoms with Gasteiger partial charge < -0.3 is 16.4 Å². The molecule has 0 spiro atoms. The van der Waals surface area contributed by atoms with E-state index in [0.29, 0.717) is 11.7 Å². The molecule has 0 saturated carbocycles. The first-order chi connectivity index (χ1) is 12.6. The number of benzene rings is 1. The van der Waals surface area contributed by atoms with E-state index in [0.717, 1.165) is 41.7 Å². The Bertz CT molecular complexity index is 868. The molecule has 2 aliphatic rings. The van der Waals surface area contributed by atoms with Crippen molar-refractivity contribution in [2.45, 2.75) is 19.3 Å². The van der Waals surface area contributed by atoms with Gasteiger partial charge in [-0.05, 0) is 61.2 Å². The zero-order valence-electron chi connectivity index (χ0n) is 15.0. The first-order valence-electron chi connectivity index (χ1n) is 9.29. The lowest BCUT2D eigenvalue weighted by molar-refractivity contribution is 0.476. The number of nitrogens with one attached hydrogen (secondary N) is 2. The maximum absolute atomic E-state index is 14.6. The van der Waals surface area contributed by atoms with Crippen LogP contribution in [-0.2, 0) is 0 Å². The lowest BCUT2D eigenvalue weighted by atomic mass is 9.82. The SMILES string of the molecule is CC1C=CC=C(F)C1c1cc(NC[C@@H]2CCNC2)c2cc(N)ncc2c1. The molecule has 1 saturated heterocycles. The van der Waals surface area contributed by atoms with E-state index in [1.807, 2.05) is 12.1 Å². The van der Waals surface area contributed by atoms with Crippen molar-refractivity contribution < 1.29 is 4.39 Å². The fourth-order valence-corrected chi connectivity index (χ4v) is 4.02. The molecule has 2 aromatic rings. The number of rotatable bonds is 4. The molecule has 2 unspecified atom stereocenters. The predicted molar refractivity (Wildman–Crippen MR) is 106 cm³/mol. The summed E-state index contributed by atoms with van der Waals surface area (Å²) in [5.41, 5.74) is 7.89. The highest BCUT2D eigenvalue weighted by Crippen LogP contribution is 2.39. The molecule has 5 heteroatoms. The van der Waals surface area contributed by atoms with Crippen LogP contribution in [0.5, 0.6) is 0 Å². The molecule has 26 heavy (non-hydrogen) atoms. The number of nitrogens with two attached hydrogens (primary N) is 1. The third-order valence-electron chi connectivity index (χ3n) is 5.47. The summed E-state index contributed by atoms with van der Waals surface area (Å²) in [6.45, 7) is 5.06. The van der Waals surface area contributed by atoms with Crippen LogP contribution in [0.1, 0.15) is 24.8 Å². The number of nitrogens with zero attached hydrogens (tertiary/aromatic N) is 1. The van der Waals surface area contributed by atoms with E-state index in [-0.39, 0.29) is 17.7 Å². The second-order valence-corrected chi connectivity index (χ2v) is 7.41. The minimum atomic E-state index is -0.254. The van der Waals surface area contributed by atoms with E-state index in [4.69, 9.17) is 5.73 Å². The van der Waals surface area contributed by atoms with Gasteiger partial charge in [-0.1, -0.05) is 19.1 Å². The smallest absolute Gasteiger partial charge is 0.123 e. The predicted octanol–water partition coefficient (Wildman–Crippen LogP) is 3.98. The standard InChI is InChI=1S/C21H25FN4/c1-13-3-2-4-18(22)21(13)15-7-16-12-26-20(23)9-17(16)19(8-15)25-11-14-5-6-24-10-14/h2-4,7-9,12-14,21,24-25H,5-6,10-11H2,1H3,(H2,23,26)/t13?,14-,21?/m1/s1. The monoisotopic (exact) mass is 352 g/mol. The number of aromatic nitrogens is 1. The van der Waals surface area contributed by atoms with Crippen molar-refractivity contribution in [3.63, 3.8) is 0 Å². The van der Waals surface area contributed by atoms with Gasteiger partial charge in [0, 0.05) is 35.1 Å². The number of anilines is 2. The molecular weight excluding hydrogens is 327 g/mol. The average Bonchev–Trinajstić information content (AvgIpc) is 3.13. The van der Waals surface area contributed by atoms with Gasteiger partial charge in [0.05, 0.1) is 0 Å². The van der Waals surface area contributed by atoms with E-state index < -0.39 is 0 Å². The van der Waals surface area contributed by atoms with E-state index in [2.05, 4.69) is 34.7 Å². The van der Waals surface area contributed by atoms with Crippen molar-refractivity contribution >= 4 is 22.3 Å². The summed E-state index contributed by atoms with van der Waals surface area (Å²) in [6, 6.07) is 6.01. The number of fused-ring (bicyclic) bond motifs is 1. The number of hydrogen-bond donors (Lipinski definition) is 3. The second-order valence-electron chi connectivity index (χ2n) is 7.41. The Kier molecular flexibility index (Phi) is 4.64. The Morgan fingerprint density at radius 2 is 2.23 bits per heavy atom. The van der Waals surface area contributed by atoms with Gasteiger partial charge in [0.1, 0.15) is 11.6 Å². The van der Waals surface area contributed by atoms with E-state index in [1.165, 1.54) is 6.42 Å². The Balaban J connectivity index is 1.73. The summed E-state index contributed by atoms with van der Waals surface area (Å²) >= 11 is 0. The van der Waals surface area contributed by atoms with Gasteiger partial charge >= 0.3 is 0 Å². The molecule has 1 aromatic heterocycles. The summed E-state index contributed by atoms with van der Waals surface area (Å²) in [4.78, 5) is 4.23. The first kappa shape index (κ1) is 17.0. The quantitative estimate of drug-likeness (QED) is 0.779. The fourth-order valence-electron chi connectivity index (χ4n) is 4.02. The molecule has 3 atom stereocenters. The lowest BCUT2D eigenvalue weighted by Crippen LogP contribution is -2.18. The Morgan fingerprint density at radius 1 is 1.35 bits per heavy atom. The maximum Gasteiger partial charge on any atom is 0.123 e. The third kappa shape index (κ3) is 3.31. The maximum atomic E-state index is 14.6. The Labute approximate surface area is 153 Å². The van der Waals surface area contributed by atoms with Crippen molar-refractivity contribution in [1.82, 2.24) is 10.3 Å². The molecular formula is C21H25FN4. The molecule has 2 heterocycles. The largest absolute Gasteiger partial charge is 0.384 e. The van der Waals surface area contributed by atoms with Crippen LogP contribution in [0.3, 0.4) is 0 Å². The number of allylic oxidation sites excluding steroid dienone is 4. The second kappa shape index (κ2) is 7.08. The van der Waals surface area contributed by atoms with Crippen LogP contribution in [-0.4, -0.2) is 24.6 Å². The summed E-state index contributed by atoms with van der Waals surface area (Å²) in [6.07, 6.45) is 8.37. The van der Waals surface area contributed by atoms with Crippen molar-refractivity contribution in [2.24, 2.45) is 11.8 Å². The molecule has 1 aromatic carbocycles. The highest BCUT2D eigenvalue weighted by atomic mass is 19.1. The van der Waals surface area contributed by atoms with Crippen molar-refractivity contribution in [2.75, 3.05) is 30.7 Å². The van der Waals surface area contributed by atoms with Crippen LogP contribution < -0.4 is 16.4 Å². The number of pyridine rings is 1. The fraction of sp³-hybridized carbons (Fsp3) is 0.381. The first-order valence-corrected chi connectivity index (χ1v) is 9.29. The minimum absolute atomic E-state index is 0.0892. The van der Waals surface area contributed by atoms with Gasteiger partial charge in [-0.15, -0.1) is 0 Å². The van der Waals surface area contributed by atoms with Crippen molar-refractivity contribution in [1.29, 1.82) is 0 Å². The van der Waals surface area contributed by atoms with E-state index in [9.17, 15) is 4.39 Å². The zero-order valence-corrected chi connectivity index (χ0v) is 15.0. The average molecular weight is 352 g/mol. The summed E-state index contributed by atoms with van der Waals surface area (Å²) in [5.74, 6) is 0.882. The van der Waals surface area contributed by atoms with Gasteiger partial charge in [-0.3, -0.25) is 0 Å². The molecule has 0 amide bonds. The molecule has 0 radical (unpaired) electrons. The molecule has 1 fully saturated rings. The normalized spacial score (nSPS) is 25.5. The molecule has 4 nitrogen and oxygen atoms in total. The van der Waals surface area contributed by atoms with Gasteiger partial charge in [0.25, 0.3) is 0 Å². The number of halogens is 1. The minimum Gasteiger partial charge on any atom is -0.384 e. The van der Waals surface area contributed by atoms with Gasteiger partial charge in [0.2, 0.25) is 0 Å². The van der Waals surface area contributed by atoms with Crippen molar-refractivity contribution in [3.8, 4) is 0 Å². The molecule has 4 rings (SSSR count). The number of hydrogen-bond acceptors (Lipinski definition) is 4. The molecule has 136 valence electrons. The lowest BCUT2D eigenvalue weighted by Gasteiger charge is -2.25. The van der Waals surface area contributed by atoms with Crippen LogP contribution in [0.4, 0.5) is 15.9 Å². The summed E-state index contributed by atoms with van der Waals surface area (Å²) in [5, 5.41) is 9.00. The summed E-state index contributed by atoms with van der Waals surface area (Å²) in [7, 11) is 0. The highest BCUT2D eigenvalue weighted by molar-refractivity contribution is 5.95. The molecule has 4 N–H and O–H groups in total. The topological polar surface area (TPSA) is 63.0 Å². The van der Waals surface area contributed by atoms with Gasteiger partial charge in [-0.2, -0.15) is 0 Å². The van der Waals surface area contributed by atoms with Gasteiger partial charge in [0.15, 0.2) is 0 Å². The van der Waals surface area contributed by atoms with Crippen LogP contribution in [0, 0.1) is 11.8 Å². The van der Waals surface area contributed by atoms with Crippen molar-refractivity contribution in [3.05, 3.63) is 54.0 Å². The van der Waals surface area contributed by atoms with Gasteiger partial charge in [-0.25, -0.2) is 9.37 Å². The van der Waals surface area contributed by atoms with Crippen LogP contribution in [0.25, 0.3) is 10.8 Å². The molecule has 1 aliphatic carbocycles. The van der Waals surface area contributed by atoms with E-state index in [1.54, 1.807) is 18.3 Å². The Morgan fingerprint density at radius 3 is 3.00 bits per heavy atom. The van der Waals surface area contributed by atoms with Crippen LogP contribution >= 0.6 is 0 Å². The summed E-state index contributed by atoms with van der Waals surface area (Å²) < 4.78 is 14.6. The third-order valence-corrected chi connectivity index (χ3v) is 5.47. The van der Waals surface area contributed by atoms with E-state index >= 15 is 0 Å². The van der Waals surface area contributed by atoms with Crippen LogP contribution in [0.15, 0.2) is 48.5 Å². The number of nitrogen functional groups attached to an aromatic ring is 1. The zero-order chi connectivity index (χ0) is 18.1. The Hall–Kier alpha value is -2.40. The molecule has 1 aliphatic heterocycles. The molecule has 0 bridgehead atoms. The van der Waals surface area contributed by atoms with Crippen LogP contribution in [0.2, 0.25) is 0 Å². The highest BCUT2D eigenvalue weighted by Gasteiger charge is 2.25.